The molecule has 1 heterocycles. The van der Waals surface area contributed by atoms with Crippen LogP contribution in [-0.4, -0.2) is 0 Å². The molecule has 2 nitrogen and oxygen atoms in total. The summed E-state index contributed by atoms with van der Waals surface area (Å²) < 4.78 is 0. The standard InChI is InChI=1S/C12H5N2S/c13-6-9-2-1-3-10(7-14)12(9)11-4-5-15-8-11/h1-4,8H. The van der Waals surface area contributed by atoms with Crippen molar-refractivity contribution in [1.29, 1.82) is 10.5 Å². The molecule has 0 aliphatic rings. The summed E-state index contributed by atoms with van der Waals surface area (Å²) in [6.07, 6.45) is 0. The third kappa shape index (κ3) is 1.61. The van der Waals surface area contributed by atoms with E-state index in [1.54, 1.807) is 24.3 Å². The van der Waals surface area contributed by atoms with Crippen LogP contribution in [0, 0.1) is 28.0 Å². The maximum atomic E-state index is 8.97. The zero-order chi connectivity index (χ0) is 10.7. The second-order valence-electron chi connectivity index (χ2n) is 2.90. The maximum Gasteiger partial charge on any atom is 0.0998 e. The largest absolute Gasteiger partial charge is 0.192 e. The van der Waals surface area contributed by atoms with E-state index in [1.807, 2.05) is 5.38 Å². The quantitative estimate of drug-likeness (QED) is 0.724. The van der Waals surface area contributed by atoms with Gasteiger partial charge >= 0.3 is 0 Å². The highest BCUT2D eigenvalue weighted by Crippen LogP contribution is 2.28. The Morgan fingerprint density at radius 2 is 1.80 bits per heavy atom. The number of benzene rings is 1. The van der Waals surface area contributed by atoms with Gasteiger partial charge in [0.1, 0.15) is 0 Å². The first kappa shape index (κ1) is 9.45. The maximum absolute atomic E-state index is 8.97. The van der Waals surface area contributed by atoms with Gasteiger partial charge in [0, 0.05) is 10.9 Å². The van der Waals surface area contributed by atoms with Gasteiger partial charge in [-0.2, -0.15) is 10.5 Å². The van der Waals surface area contributed by atoms with E-state index in [1.165, 1.54) is 11.3 Å². The summed E-state index contributed by atoms with van der Waals surface area (Å²) in [4.78, 5) is 0. The van der Waals surface area contributed by atoms with Crippen LogP contribution in [-0.2, 0) is 0 Å². The average Bonchev–Trinajstić information content (AvgIpc) is 2.81. The van der Waals surface area contributed by atoms with Gasteiger partial charge in [0.15, 0.2) is 0 Å². The van der Waals surface area contributed by atoms with E-state index in [2.05, 4.69) is 17.5 Å². The van der Waals surface area contributed by atoms with Crippen LogP contribution in [0.25, 0.3) is 11.1 Å². The van der Waals surface area contributed by atoms with Crippen LogP contribution in [0.5, 0.6) is 0 Å². The summed E-state index contributed by atoms with van der Waals surface area (Å²) in [6, 6.07) is 11.1. The molecule has 0 bridgehead atoms. The molecular formula is C12H5N2S. The molecule has 0 spiro atoms. The van der Waals surface area contributed by atoms with Gasteiger partial charge in [-0.25, -0.2) is 0 Å². The molecule has 2 aromatic rings. The normalized spacial score (nSPS) is 9.20. The van der Waals surface area contributed by atoms with Crippen LogP contribution in [0.4, 0.5) is 0 Å². The summed E-state index contributed by atoms with van der Waals surface area (Å²) in [6.45, 7) is 0. The molecule has 15 heavy (non-hydrogen) atoms. The predicted octanol–water partition coefficient (Wildman–Crippen LogP) is 2.96. The highest BCUT2D eigenvalue weighted by Gasteiger charge is 2.10. The summed E-state index contributed by atoms with van der Waals surface area (Å²) in [7, 11) is 0. The summed E-state index contributed by atoms with van der Waals surface area (Å²) in [5, 5.41) is 22.8. The van der Waals surface area contributed by atoms with Gasteiger partial charge in [-0.05, 0) is 29.1 Å². The van der Waals surface area contributed by atoms with Gasteiger partial charge in [-0.1, -0.05) is 6.07 Å². The number of hydrogen-bond donors (Lipinski definition) is 0. The Balaban J connectivity index is 2.75. The Kier molecular flexibility index (Phi) is 2.49. The molecule has 0 amide bonds. The highest BCUT2D eigenvalue weighted by molar-refractivity contribution is 7.07. The third-order valence-corrected chi connectivity index (χ3v) is 2.69. The fourth-order valence-electron chi connectivity index (χ4n) is 1.41. The van der Waals surface area contributed by atoms with Crippen LogP contribution in [0.3, 0.4) is 0 Å². The van der Waals surface area contributed by atoms with Crippen molar-refractivity contribution < 1.29 is 0 Å². The molecule has 1 aromatic heterocycles. The minimum Gasteiger partial charge on any atom is -0.192 e. The van der Waals surface area contributed by atoms with Crippen molar-refractivity contribution >= 4 is 11.3 Å². The first-order valence-corrected chi connectivity index (χ1v) is 5.13. The van der Waals surface area contributed by atoms with Gasteiger partial charge in [-0.15, -0.1) is 11.3 Å². The molecule has 0 saturated heterocycles. The second-order valence-corrected chi connectivity index (χ2v) is 3.61. The van der Waals surface area contributed by atoms with Crippen LogP contribution < -0.4 is 0 Å². The van der Waals surface area contributed by atoms with Crippen LogP contribution in [0.15, 0.2) is 29.6 Å². The summed E-state index contributed by atoms with van der Waals surface area (Å²) in [5.74, 6) is 0. The van der Waals surface area contributed by atoms with Crippen LogP contribution in [0.1, 0.15) is 11.1 Å². The third-order valence-electron chi connectivity index (χ3n) is 2.06. The molecule has 1 aromatic carbocycles. The van der Waals surface area contributed by atoms with Crippen molar-refractivity contribution in [2.75, 3.05) is 0 Å². The molecule has 0 saturated carbocycles. The molecule has 0 aliphatic carbocycles. The zero-order valence-electron chi connectivity index (χ0n) is 7.69. The van der Waals surface area contributed by atoms with Gasteiger partial charge in [0.25, 0.3) is 0 Å². The Morgan fingerprint density at radius 3 is 2.27 bits per heavy atom. The molecule has 1 radical (unpaired) electrons. The Labute approximate surface area is 91.6 Å². The fraction of sp³-hybridized carbons (Fsp3) is 0. The molecule has 0 aliphatic heterocycles. The van der Waals surface area contributed by atoms with Crippen molar-refractivity contribution in [3.8, 4) is 23.3 Å². The van der Waals surface area contributed by atoms with E-state index < -0.39 is 0 Å². The first-order chi connectivity index (χ1) is 7.36. The smallest absolute Gasteiger partial charge is 0.0998 e. The first-order valence-electron chi connectivity index (χ1n) is 4.25. The number of nitrogens with zero attached hydrogens (tertiary/aromatic N) is 2. The molecule has 0 atom stereocenters. The molecule has 0 N–H and O–H groups in total. The molecular weight excluding hydrogens is 204 g/mol. The van der Waals surface area contributed by atoms with E-state index in [0.717, 1.165) is 5.56 Å². The van der Waals surface area contributed by atoms with E-state index in [9.17, 15) is 0 Å². The van der Waals surface area contributed by atoms with Crippen molar-refractivity contribution in [2.24, 2.45) is 0 Å². The van der Waals surface area contributed by atoms with E-state index in [-0.39, 0.29) is 0 Å². The lowest BCUT2D eigenvalue weighted by Gasteiger charge is -2.02. The Hall–Kier alpha value is -2.10. The molecule has 0 fully saturated rings. The predicted molar refractivity (Wildman–Crippen MR) is 58.0 cm³/mol. The number of nitriles is 2. The zero-order valence-corrected chi connectivity index (χ0v) is 8.51. The summed E-state index contributed by atoms with van der Waals surface area (Å²) >= 11 is 1.43. The lowest BCUT2D eigenvalue weighted by molar-refractivity contribution is 1.45. The van der Waals surface area contributed by atoms with Crippen molar-refractivity contribution in [2.45, 2.75) is 0 Å². The number of thiophene rings is 1. The monoisotopic (exact) mass is 209 g/mol. The van der Waals surface area contributed by atoms with E-state index in [4.69, 9.17) is 10.5 Å². The molecule has 3 heteroatoms. The van der Waals surface area contributed by atoms with Crippen LogP contribution >= 0.6 is 11.3 Å². The SMILES string of the molecule is N#Cc1cccc(C#N)c1-c1c[c]sc1. The van der Waals surface area contributed by atoms with E-state index >= 15 is 0 Å². The van der Waals surface area contributed by atoms with Crippen molar-refractivity contribution in [3.05, 3.63) is 46.2 Å². The van der Waals surface area contributed by atoms with E-state index in [0.29, 0.717) is 16.7 Å². The lowest BCUT2D eigenvalue weighted by Crippen LogP contribution is -1.87. The van der Waals surface area contributed by atoms with Gasteiger partial charge in [0.2, 0.25) is 0 Å². The Morgan fingerprint density at radius 1 is 1.13 bits per heavy atom. The van der Waals surface area contributed by atoms with Crippen molar-refractivity contribution in [1.82, 2.24) is 0 Å². The van der Waals surface area contributed by atoms with Crippen LogP contribution in [0.2, 0.25) is 0 Å². The minimum absolute atomic E-state index is 0.529. The van der Waals surface area contributed by atoms with Gasteiger partial charge in [-0.3, -0.25) is 0 Å². The second kappa shape index (κ2) is 3.96. The molecule has 69 valence electrons. The lowest BCUT2D eigenvalue weighted by atomic mass is 9.98. The minimum atomic E-state index is 0.529. The number of rotatable bonds is 1. The molecule has 0 unspecified atom stereocenters. The number of hydrogen-bond acceptors (Lipinski definition) is 3. The highest BCUT2D eigenvalue weighted by atomic mass is 32.1. The average molecular weight is 209 g/mol. The Bertz CT molecular complexity index is 524. The molecule has 2 rings (SSSR count). The van der Waals surface area contributed by atoms with Gasteiger partial charge in [0.05, 0.1) is 23.3 Å². The fourth-order valence-corrected chi connectivity index (χ4v) is 1.99. The van der Waals surface area contributed by atoms with Gasteiger partial charge < -0.3 is 0 Å². The van der Waals surface area contributed by atoms with Crippen molar-refractivity contribution in [3.63, 3.8) is 0 Å². The topological polar surface area (TPSA) is 47.6 Å². The summed E-state index contributed by atoms with van der Waals surface area (Å²) in [5.41, 5.74) is 2.65.